The standard InChI is InChI=1S/C21H22FN5OS/c1-11(12(2)23)17-18-19(29-20(17)24)21(27-10-26-18)25-8-14-5-6-16(15(22)7-14)28-9-13-3-4-13/h5-7,10,13,23-24H,3-4,8-9H2,1-2H3,(H,25,26,27)/b17-11-,23-12?,24-20?. The highest BCUT2D eigenvalue weighted by Gasteiger charge is 2.29. The summed E-state index contributed by atoms with van der Waals surface area (Å²) in [5.74, 6) is 1.10. The molecule has 2 heterocycles. The second-order valence-corrected chi connectivity index (χ2v) is 8.35. The average molecular weight is 412 g/mol. The highest BCUT2D eigenvalue weighted by molar-refractivity contribution is 8.15. The first-order valence-electron chi connectivity index (χ1n) is 9.47. The monoisotopic (exact) mass is 411 g/mol. The van der Waals surface area contributed by atoms with Crippen LogP contribution in [0.5, 0.6) is 5.75 Å². The Hall–Kier alpha value is -2.74. The molecule has 0 amide bonds. The van der Waals surface area contributed by atoms with Crippen molar-refractivity contribution in [3.05, 3.63) is 47.2 Å². The number of thioether (sulfide) groups is 1. The summed E-state index contributed by atoms with van der Waals surface area (Å²) in [5, 5.41) is 19.7. The molecule has 0 saturated heterocycles. The maximum absolute atomic E-state index is 14.3. The zero-order valence-corrected chi connectivity index (χ0v) is 17.1. The molecule has 0 spiro atoms. The molecule has 6 nitrogen and oxygen atoms in total. The van der Waals surface area contributed by atoms with Gasteiger partial charge in [0.15, 0.2) is 11.6 Å². The van der Waals surface area contributed by atoms with E-state index < -0.39 is 0 Å². The molecule has 4 rings (SSSR count). The Bertz CT molecular complexity index is 1030. The molecule has 1 aliphatic carbocycles. The van der Waals surface area contributed by atoms with Gasteiger partial charge in [-0.3, -0.25) is 5.41 Å². The van der Waals surface area contributed by atoms with Gasteiger partial charge in [-0.15, -0.1) is 0 Å². The number of anilines is 1. The third kappa shape index (κ3) is 4.17. The van der Waals surface area contributed by atoms with Crippen LogP contribution in [-0.2, 0) is 6.54 Å². The fourth-order valence-electron chi connectivity index (χ4n) is 3.02. The second kappa shape index (κ2) is 7.94. The summed E-state index contributed by atoms with van der Waals surface area (Å²) < 4.78 is 19.8. The van der Waals surface area contributed by atoms with Crippen molar-refractivity contribution in [2.45, 2.75) is 38.1 Å². The van der Waals surface area contributed by atoms with Crippen LogP contribution in [0.25, 0.3) is 5.57 Å². The van der Waals surface area contributed by atoms with Gasteiger partial charge in [0.05, 0.1) is 17.2 Å². The molecule has 1 aliphatic heterocycles. The van der Waals surface area contributed by atoms with Gasteiger partial charge in [-0.2, -0.15) is 0 Å². The van der Waals surface area contributed by atoms with Crippen molar-refractivity contribution in [3.63, 3.8) is 0 Å². The molecule has 29 heavy (non-hydrogen) atoms. The lowest BCUT2D eigenvalue weighted by atomic mass is 10.0. The van der Waals surface area contributed by atoms with E-state index in [-0.39, 0.29) is 5.82 Å². The molecular weight excluding hydrogens is 389 g/mol. The van der Waals surface area contributed by atoms with E-state index >= 15 is 0 Å². The minimum absolute atomic E-state index is 0.292. The fourth-order valence-corrected chi connectivity index (χ4v) is 4.05. The summed E-state index contributed by atoms with van der Waals surface area (Å²) in [5.41, 5.74) is 3.25. The van der Waals surface area contributed by atoms with Crippen LogP contribution in [0.15, 0.2) is 35.0 Å². The van der Waals surface area contributed by atoms with Gasteiger partial charge in [-0.05, 0) is 55.9 Å². The van der Waals surface area contributed by atoms with E-state index in [1.54, 1.807) is 13.0 Å². The van der Waals surface area contributed by atoms with Crippen molar-refractivity contribution >= 4 is 33.9 Å². The second-order valence-electron chi connectivity index (χ2n) is 7.33. The largest absolute Gasteiger partial charge is 0.490 e. The van der Waals surface area contributed by atoms with Crippen molar-refractivity contribution in [2.75, 3.05) is 11.9 Å². The van der Waals surface area contributed by atoms with Crippen LogP contribution in [0.4, 0.5) is 10.2 Å². The molecule has 0 bridgehead atoms. The molecule has 150 valence electrons. The van der Waals surface area contributed by atoms with E-state index in [1.165, 1.54) is 24.2 Å². The van der Waals surface area contributed by atoms with Crippen molar-refractivity contribution in [2.24, 2.45) is 5.92 Å². The number of halogens is 1. The molecule has 0 atom stereocenters. The lowest BCUT2D eigenvalue weighted by molar-refractivity contribution is 0.285. The van der Waals surface area contributed by atoms with Crippen molar-refractivity contribution in [1.82, 2.24) is 9.97 Å². The summed E-state index contributed by atoms with van der Waals surface area (Å²) in [6.07, 6.45) is 3.78. The number of aromatic nitrogens is 2. The van der Waals surface area contributed by atoms with Crippen LogP contribution in [0.1, 0.15) is 37.9 Å². The Morgan fingerprint density at radius 3 is 2.79 bits per heavy atom. The Labute approximate surface area is 173 Å². The van der Waals surface area contributed by atoms with Gasteiger partial charge < -0.3 is 15.5 Å². The first-order valence-corrected chi connectivity index (χ1v) is 10.3. The molecule has 3 N–H and O–H groups in total. The van der Waals surface area contributed by atoms with Crippen LogP contribution >= 0.6 is 11.8 Å². The van der Waals surface area contributed by atoms with Crippen LogP contribution in [-0.4, -0.2) is 27.3 Å². The topological polar surface area (TPSA) is 94.7 Å². The number of hydrogen-bond acceptors (Lipinski definition) is 7. The number of fused-ring (bicyclic) bond motifs is 1. The Kier molecular flexibility index (Phi) is 5.36. The van der Waals surface area contributed by atoms with Crippen LogP contribution < -0.4 is 10.1 Å². The smallest absolute Gasteiger partial charge is 0.165 e. The predicted molar refractivity (Wildman–Crippen MR) is 114 cm³/mol. The summed E-state index contributed by atoms with van der Waals surface area (Å²) in [4.78, 5) is 9.39. The van der Waals surface area contributed by atoms with Crippen molar-refractivity contribution < 1.29 is 9.13 Å². The summed E-state index contributed by atoms with van der Waals surface area (Å²) in [6, 6.07) is 4.98. The maximum atomic E-state index is 14.3. The van der Waals surface area contributed by atoms with E-state index in [0.717, 1.165) is 28.9 Å². The van der Waals surface area contributed by atoms with Crippen LogP contribution in [0.3, 0.4) is 0 Å². The normalized spacial score (nSPS) is 17.1. The van der Waals surface area contributed by atoms with Gasteiger partial charge in [-0.25, -0.2) is 14.4 Å². The zero-order valence-electron chi connectivity index (χ0n) is 16.3. The number of nitrogens with zero attached hydrogens (tertiary/aromatic N) is 2. The van der Waals surface area contributed by atoms with Gasteiger partial charge >= 0.3 is 0 Å². The first kappa shape index (κ1) is 19.6. The molecule has 0 radical (unpaired) electrons. The summed E-state index contributed by atoms with van der Waals surface area (Å²) >= 11 is 1.27. The number of benzene rings is 1. The lowest BCUT2D eigenvalue weighted by Gasteiger charge is -2.11. The van der Waals surface area contributed by atoms with Gasteiger partial charge in [-0.1, -0.05) is 17.8 Å². The number of hydrogen-bond donors (Lipinski definition) is 3. The predicted octanol–water partition coefficient (Wildman–Crippen LogP) is 4.91. The quantitative estimate of drug-likeness (QED) is 0.563. The molecule has 2 aliphatic rings. The molecule has 1 aromatic heterocycles. The minimum Gasteiger partial charge on any atom is -0.490 e. The SMILES string of the molecule is CC(=N)/C(C)=C1\C(=N)Sc2c(NCc3ccc(OCC4CC4)c(F)c3)ncnc21. The van der Waals surface area contributed by atoms with Crippen LogP contribution in [0, 0.1) is 22.6 Å². The fraction of sp³-hybridized carbons (Fsp3) is 0.333. The number of nitrogens with one attached hydrogen (secondary N) is 3. The number of rotatable bonds is 7. The highest BCUT2D eigenvalue weighted by atomic mass is 32.2. The molecule has 1 saturated carbocycles. The lowest BCUT2D eigenvalue weighted by Crippen LogP contribution is -2.06. The molecule has 2 aromatic rings. The van der Waals surface area contributed by atoms with Gasteiger partial charge in [0.2, 0.25) is 0 Å². The van der Waals surface area contributed by atoms with Gasteiger partial charge in [0.1, 0.15) is 17.2 Å². The molecule has 8 heteroatoms. The third-order valence-corrected chi connectivity index (χ3v) is 6.04. The number of allylic oxidation sites excluding steroid dienone is 1. The average Bonchev–Trinajstić information content (AvgIpc) is 3.45. The van der Waals surface area contributed by atoms with Gasteiger partial charge in [0.25, 0.3) is 0 Å². The van der Waals surface area contributed by atoms with E-state index in [4.69, 9.17) is 15.6 Å². The Morgan fingerprint density at radius 2 is 2.10 bits per heavy atom. The highest BCUT2D eigenvalue weighted by Crippen LogP contribution is 2.44. The summed E-state index contributed by atoms with van der Waals surface area (Å²) in [6.45, 7) is 4.49. The third-order valence-electron chi connectivity index (χ3n) is 5.04. The molecule has 0 unspecified atom stereocenters. The molecule has 1 fully saturated rings. The van der Waals surface area contributed by atoms with Crippen LogP contribution in [0.2, 0.25) is 0 Å². The van der Waals surface area contributed by atoms with E-state index in [0.29, 0.717) is 52.7 Å². The van der Waals surface area contributed by atoms with E-state index in [9.17, 15) is 4.39 Å². The first-order chi connectivity index (χ1) is 13.9. The minimum atomic E-state index is -0.365. The number of ether oxygens (including phenoxy) is 1. The molecular formula is C21H22FN5OS. The van der Waals surface area contributed by atoms with E-state index in [2.05, 4.69) is 15.3 Å². The zero-order chi connectivity index (χ0) is 20.5. The molecule has 1 aromatic carbocycles. The van der Waals surface area contributed by atoms with Crippen molar-refractivity contribution in [1.29, 1.82) is 10.8 Å². The van der Waals surface area contributed by atoms with Gasteiger partial charge in [0, 0.05) is 17.8 Å². The van der Waals surface area contributed by atoms with E-state index in [1.807, 2.05) is 13.0 Å². The Morgan fingerprint density at radius 1 is 1.31 bits per heavy atom. The summed E-state index contributed by atoms with van der Waals surface area (Å²) in [7, 11) is 0. The van der Waals surface area contributed by atoms with Crippen molar-refractivity contribution in [3.8, 4) is 5.75 Å². The maximum Gasteiger partial charge on any atom is 0.165 e. The Balaban J connectivity index is 1.50.